The first kappa shape index (κ1) is 23.0. The molecule has 3 nitrogen and oxygen atoms in total. The van der Waals surface area contributed by atoms with E-state index in [2.05, 4.69) is 81.4 Å². The van der Waals surface area contributed by atoms with Gasteiger partial charge >= 0.3 is 0 Å². The molecule has 6 atom stereocenters. The van der Waals surface area contributed by atoms with Gasteiger partial charge in [-0.05, 0) is 84.6 Å². The second kappa shape index (κ2) is 9.23. The van der Waals surface area contributed by atoms with Crippen molar-refractivity contribution in [3.8, 4) is 0 Å². The highest BCUT2D eigenvalue weighted by Crippen LogP contribution is 2.67. The van der Waals surface area contributed by atoms with Gasteiger partial charge in [0.1, 0.15) is 5.76 Å². The summed E-state index contributed by atoms with van der Waals surface area (Å²) in [6.45, 7) is 5.13. The third kappa shape index (κ3) is 4.26. The Hall–Kier alpha value is -0.410. The number of aliphatic hydroxyl groups excluding tert-OH is 1. The van der Waals surface area contributed by atoms with Crippen molar-refractivity contribution in [3.05, 3.63) is 55.4 Å². The molecule has 1 saturated heterocycles. The molecule has 33 heavy (non-hydrogen) atoms. The molecule has 4 fully saturated rings. The Balaban J connectivity index is 1.13. The molecule has 0 aromatic carbocycles. The monoisotopic (exact) mass is 668 g/mol. The van der Waals surface area contributed by atoms with Gasteiger partial charge in [-0.3, -0.25) is 9.89 Å². The molecule has 6 unspecified atom stereocenters. The minimum Gasteiger partial charge on any atom is -0.511 e. The van der Waals surface area contributed by atoms with E-state index in [0.29, 0.717) is 17.7 Å². The first-order valence-electron chi connectivity index (χ1n) is 12.7. The summed E-state index contributed by atoms with van der Waals surface area (Å²) in [7, 11) is 0. The summed E-state index contributed by atoms with van der Waals surface area (Å²) in [6.07, 6.45) is 17.7. The lowest BCUT2D eigenvalue weighted by molar-refractivity contribution is 0.225. The van der Waals surface area contributed by atoms with Crippen molar-refractivity contribution in [2.75, 3.05) is 19.6 Å². The van der Waals surface area contributed by atoms with Crippen LogP contribution in [0.5, 0.6) is 0 Å². The maximum atomic E-state index is 11.4. The van der Waals surface area contributed by atoms with Crippen molar-refractivity contribution < 1.29 is 5.11 Å². The average Bonchev–Trinajstić information content (AvgIpc) is 3.15. The number of nitrogens with zero attached hydrogens (tertiary/aromatic N) is 2. The summed E-state index contributed by atoms with van der Waals surface area (Å²) in [4.78, 5) is 7.49. The molecule has 5 heteroatoms. The van der Waals surface area contributed by atoms with Crippen LogP contribution in [0.1, 0.15) is 51.9 Å². The zero-order valence-corrected chi connectivity index (χ0v) is 23.8. The number of alkyl halides is 1. The zero-order valence-electron chi connectivity index (χ0n) is 19.4. The highest BCUT2D eigenvalue weighted by Gasteiger charge is 2.56. The number of aliphatic hydroxyl groups is 1. The van der Waals surface area contributed by atoms with Crippen LogP contribution < -0.4 is 0 Å². The molecule has 7 aliphatic rings. The summed E-state index contributed by atoms with van der Waals surface area (Å²) in [5, 5.41) is 11.4. The number of likely N-dealkylation sites (tertiary alicyclic amines) is 1. The van der Waals surface area contributed by atoms with Gasteiger partial charge in [0, 0.05) is 52.0 Å². The fourth-order valence-corrected chi connectivity index (χ4v) is 9.91. The van der Waals surface area contributed by atoms with Gasteiger partial charge in [-0.2, -0.15) is 0 Å². The molecule has 0 aromatic rings. The smallest absolute Gasteiger partial charge is 0.104 e. The standard InChI is InChI=1S/C28H34I2N2O/c1-16-7-18(28(33)26(8-16)23-5-4-22-24-12-25(22)27(23)24)15-32-6-2-3-21(32)14-31-13-17-9-19(29)11-20(30)10-17/h4,7,9,13,17,20-21,24-26,33H,2-3,5-6,8,10-12,14-15H2,1H3/b31-13+. The molecule has 7 rings (SSSR count). The molecule has 1 N–H and O–H groups in total. The molecule has 1 heterocycles. The van der Waals surface area contributed by atoms with Crippen molar-refractivity contribution in [2.24, 2.45) is 28.7 Å². The van der Waals surface area contributed by atoms with E-state index in [9.17, 15) is 5.11 Å². The van der Waals surface area contributed by atoms with Gasteiger partial charge in [-0.15, -0.1) is 0 Å². The Morgan fingerprint density at radius 3 is 2.82 bits per heavy atom. The Morgan fingerprint density at radius 1 is 1.21 bits per heavy atom. The van der Waals surface area contributed by atoms with Crippen molar-refractivity contribution in [1.29, 1.82) is 0 Å². The quantitative estimate of drug-likeness (QED) is 0.142. The van der Waals surface area contributed by atoms with Crippen LogP contribution in [0.25, 0.3) is 0 Å². The van der Waals surface area contributed by atoms with Gasteiger partial charge in [0.2, 0.25) is 0 Å². The van der Waals surface area contributed by atoms with Crippen LogP contribution in [0, 0.1) is 23.7 Å². The highest BCUT2D eigenvalue weighted by atomic mass is 127. The van der Waals surface area contributed by atoms with Crippen LogP contribution >= 0.6 is 45.2 Å². The average molecular weight is 668 g/mol. The van der Waals surface area contributed by atoms with Crippen molar-refractivity contribution in [3.63, 3.8) is 0 Å². The third-order valence-electron chi connectivity index (χ3n) is 8.81. The minimum absolute atomic E-state index is 0.226. The Bertz CT molecular complexity index is 1020. The van der Waals surface area contributed by atoms with Crippen LogP contribution in [-0.2, 0) is 0 Å². The van der Waals surface area contributed by atoms with E-state index in [1.807, 2.05) is 0 Å². The predicted octanol–water partition coefficient (Wildman–Crippen LogP) is 7.11. The number of hydrogen-bond donors (Lipinski definition) is 1. The maximum Gasteiger partial charge on any atom is 0.104 e. The van der Waals surface area contributed by atoms with Gasteiger partial charge in [-0.25, -0.2) is 0 Å². The second-order valence-corrected chi connectivity index (χ2v) is 14.1. The van der Waals surface area contributed by atoms with E-state index in [-0.39, 0.29) is 5.92 Å². The lowest BCUT2D eigenvalue weighted by Crippen LogP contribution is -2.49. The molecule has 1 aliphatic heterocycles. The number of halogens is 2. The van der Waals surface area contributed by atoms with Gasteiger partial charge < -0.3 is 5.11 Å². The fraction of sp³-hybridized carbons (Fsp3) is 0.607. The molecule has 0 amide bonds. The Kier molecular flexibility index (Phi) is 6.44. The van der Waals surface area contributed by atoms with E-state index >= 15 is 0 Å². The molecule has 0 spiro atoms. The highest BCUT2D eigenvalue weighted by molar-refractivity contribution is 14.1. The lowest BCUT2D eigenvalue weighted by atomic mass is 9.44. The third-order valence-corrected chi connectivity index (χ3v) is 10.6. The zero-order chi connectivity index (χ0) is 22.7. The van der Waals surface area contributed by atoms with Crippen molar-refractivity contribution >= 4 is 51.4 Å². The molecule has 176 valence electrons. The number of hydrogen-bond acceptors (Lipinski definition) is 3. The maximum absolute atomic E-state index is 11.4. The number of rotatable bonds is 6. The summed E-state index contributed by atoms with van der Waals surface area (Å²) < 4.78 is 2.21. The number of allylic oxidation sites excluding steroid dienone is 7. The van der Waals surface area contributed by atoms with E-state index < -0.39 is 0 Å². The van der Waals surface area contributed by atoms with Crippen molar-refractivity contribution in [1.82, 2.24) is 4.90 Å². The van der Waals surface area contributed by atoms with Crippen LogP contribution in [0.3, 0.4) is 0 Å². The molecule has 0 radical (unpaired) electrons. The summed E-state index contributed by atoms with van der Waals surface area (Å²) >= 11 is 5.07. The van der Waals surface area contributed by atoms with E-state index in [1.54, 1.807) is 16.7 Å². The predicted molar refractivity (Wildman–Crippen MR) is 153 cm³/mol. The molecular formula is C28H34I2N2O. The Morgan fingerprint density at radius 2 is 2.06 bits per heavy atom. The minimum atomic E-state index is 0.226. The summed E-state index contributed by atoms with van der Waals surface area (Å²) in [5.41, 5.74) is 7.54. The van der Waals surface area contributed by atoms with Crippen LogP contribution in [-0.4, -0.2) is 45.8 Å². The van der Waals surface area contributed by atoms with Crippen molar-refractivity contribution in [2.45, 2.75) is 61.8 Å². The molecule has 4 bridgehead atoms. The van der Waals surface area contributed by atoms with Gasteiger partial charge in [-0.1, -0.05) is 63.1 Å². The fourth-order valence-electron chi connectivity index (χ4n) is 7.01. The number of aliphatic imine (C=N–C) groups is 1. The summed E-state index contributed by atoms with van der Waals surface area (Å²) in [5.74, 6) is 2.90. The van der Waals surface area contributed by atoms with E-state index in [4.69, 9.17) is 4.99 Å². The van der Waals surface area contributed by atoms with Gasteiger partial charge in [0.05, 0.1) is 6.54 Å². The first-order chi connectivity index (χ1) is 16.0. The Labute approximate surface area is 225 Å². The van der Waals surface area contributed by atoms with E-state index in [1.165, 1.54) is 41.3 Å². The lowest BCUT2D eigenvalue weighted by Gasteiger charge is -2.60. The molecule has 3 saturated carbocycles. The topological polar surface area (TPSA) is 35.8 Å². The van der Waals surface area contributed by atoms with E-state index in [0.717, 1.165) is 53.8 Å². The van der Waals surface area contributed by atoms with Crippen LogP contribution in [0.15, 0.2) is 60.4 Å². The first-order valence-corrected chi connectivity index (χ1v) is 15.1. The summed E-state index contributed by atoms with van der Waals surface area (Å²) in [6, 6.07) is 0.499. The second-order valence-electron chi connectivity index (χ2n) is 11.0. The molecule has 0 aromatic heterocycles. The van der Waals surface area contributed by atoms with Gasteiger partial charge in [0.25, 0.3) is 0 Å². The molecule has 6 aliphatic carbocycles. The normalized spacial score (nSPS) is 38.2. The SMILES string of the molecule is CC1=CC(CN2CCCC2C/N=C/C2C=C(I)CC(I)C2)=C(O)C(C2=C3C4CC3C4=CC2)C1. The largest absolute Gasteiger partial charge is 0.511 e. The van der Waals surface area contributed by atoms with Crippen LogP contribution in [0.2, 0.25) is 0 Å². The van der Waals surface area contributed by atoms with Gasteiger partial charge in [0.15, 0.2) is 0 Å². The van der Waals surface area contributed by atoms with Crippen LogP contribution in [0.4, 0.5) is 0 Å². The molecular weight excluding hydrogens is 634 g/mol.